The second kappa shape index (κ2) is 9.50. The number of carboxylic acids is 2. The summed E-state index contributed by atoms with van der Waals surface area (Å²) in [7, 11) is 3.47. The van der Waals surface area contributed by atoms with E-state index in [1.807, 2.05) is 13.1 Å². The van der Waals surface area contributed by atoms with Gasteiger partial charge < -0.3 is 44.3 Å². The van der Waals surface area contributed by atoms with Crippen LogP contribution in [0.25, 0.3) is 0 Å². The zero-order chi connectivity index (χ0) is 28.3. The Morgan fingerprint density at radius 3 is 2.62 bits per heavy atom. The van der Waals surface area contributed by atoms with Crippen molar-refractivity contribution in [2.24, 2.45) is 0 Å². The van der Waals surface area contributed by atoms with Gasteiger partial charge in [0.15, 0.2) is 23.7 Å². The van der Waals surface area contributed by atoms with Crippen molar-refractivity contribution < 1.29 is 58.6 Å². The Bertz CT molecular complexity index is 1280. The minimum absolute atomic E-state index is 0.119. The van der Waals surface area contributed by atoms with Gasteiger partial charge in [0.05, 0.1) is 31.0 Å². The summed E-state index contributed by atoms with van der Waals surface area (Å²) in [6.07, 6.45) is -4.04. The van der Waals surface area contributed by atoms with Crippen LogP contribution in [0.4, 0.5) is 0 Å². The standard InChI is InChI=1S/C26H29NO12/c1-27-8-7-25-20-12-3-4-14(36-2)21(20)39-22(25)15(5-6-26(25,35)17(27)9-12)37-19(31)10-13(28)24(34)38-16(23(32)33)11-18(29)30/h3-5,13,16-17,22,28,35H,6-11H2,1-2H3,(H,29,30)(H,32,33)/t13-,16+,17-,22-,25-,26+/m0/s1. The van der Waals surface area contributed by atoms with E-state index in [1.54, 1.807) is 12.1 Å². The van der Waals surface area contributed by atoms with Crippen LogP contribution in [0.15, 0.2) is 24.0 Å². The topological polar surface area (TPSA) is 189 Å². The van der Waals surface area contributed by atoms with Crippen LogP contribution in [-0.4, -0.2) is 99.9 Å². The van der Waals surface area contributed by atoms with Crippen LogP contribution >= 0.6 is 0 Å². The lowest BCUT2D eigenvalue weighted by atomic mass is 9.50. The molecule has 1 fully saturated rings. The number of rotatable bonds is 9. The average molecular weight is 548 g/mol. The third-order valence-electron chi connectivity index (χ3n) is 8.32. The zero-order valence-electron chi connectivity index (χ0n) is 21.3. The first-order chi connectivity index (χ1) is 18.4. The molecule has 39 heavy (non-hydrogen) atoms. The molecule has 6 atom stereocenters. The van der Waals surface area contributed by atoms with Crippen molar-refractivity contribution in [1.82, 2.24) is 4.90 Å². The van der Waals surface area contributed by atoms with E-state index >= 15 is 0 Å². The maximum absolute atomic E-state index is 12.8. The van der Waals surface area contributed by atoms with Crippen molar-refractivity contribution in [2.75, 3.05) is 20.7 Å². The number of esters is 2. The quantitative estimate of drug-likeness (QED) is 0.296. The highest BCUT2D eigenvalue weighted by Crippen LogP contribution is 2.65. The molecule has 0 unspecified atom stereocenters. The SMILES string of the molecule is COc1ccc2c3c1O[C@H]1C(OC(=O)C[C@H](O)C(=O)O[C@H](CC(=O)O)C(=O)O)=CC[C@@]4(O)[C@H](C2)N(C)CC[C@]314. The number of piperidine rings is 1. The summed E-state index contributed by atoms with van der Waals surface area (Å²) in [5, 5.41) is 40.1. The summed E-state index contributed by atoms with van der Waals surface area (Å²) >= 11 is 0. The molecule has 13 nitrogen and oxygen atoms in total. The van der Waals surface area contributed by atoms with Gasteiger partial charge in [-0.3, -0.25) is 9.59 Å². The summed E-state index contributed by atoms with van der Waals surface area (Å²) in [6, 6.07) is 3.55. The van der Waals surface area contributed by atoms with Crippen LogP contribution in [-0.2, 0) is 40.5 Å². The Labute approximate surface area is 222 Å². The summed E-state index contributed by atoms with van der Waals surface area (Å²) < 4.78 is 22.0. The third kappa shape index (κ3) is 4.03. The number of hydrogen-bond acceptors (Lipinski definition) is 11. The highest BCUT2D eigenvalue weighted by atomic mass is 16.6. The van der Waals surface area contributed by atoms with E-state index in [9.17, 15) is 29.4 Å². The Morgan fingerprint density at radius 1 is 1.21 bits per heavy atom. The van der Waals surface area contributed by atoms with E-state index < -0.39 is 66.0 Å². The molecule has 5 rings (SSSR count). The van der Waals surface area contributed by atoms with E-state index in [2.05, 4.69) is 9.64 Å². The summed E-state index contributed by atoms with van der Waals surface area (Å²) in [5.74, 6) is -4.66. The molecule has 4 N–H and O–H groups in total. The fourth-order valence-electron chi connectivity index (χ4n) is 6.56. The zero-order valence-corrected chi connectivity index (χ0v) is 21.3. The molecule has 0 aromatic heterocycles. The molecule has 4 aliphatic rings. The van der Waals surface area contributed by atoms with Crippen LogP contribution in [0, 0.1) is 0 Å². The molecule has 1 saturated heterocycles. The number of likely N-dealkylation sites (N-methyl/N-ethyl adjacent to an activating group) is 1. The molecule has 0 radical (unpaired) electrons. The Morgan fingerprint density at radius 2 is 1.95 bits per heavy atom. The monoisotopic (exact) mass is 547 g/mol. The van der Waals surface area contributed by atoms with Crippen LogP contribution in [0.1, 0.15) is 36.8 Å². The maximum atomic E-state index is 12.8. The minimum Gasteiger partial charge on any atom is -0.493 e. The highest BCUT2D eigenvalue weighted by Gasteiger charge is 2.72. The first kappa shape index (κ1) is 26.9. The number of carboxylic acid groups (broad SMARTS) is 2. The van der Waals surface area contributed by atoms with Gasteiger partial charge in [0.25, 0.3) is 0 Å². The maximum Gasteiger partial charge on any atom is 0.345 e. The first-order valence-corrected chi connectivity index (χ1v) is 12.5. The van der Waals surface area contributed by atoms with Crippen molar-refractivity contribution in [3.63, 3.8) is 0 Å². The smallest absolute Gasteiger partial charge is 0.345 e. The van der Waals surface area contributed by atoms with Gasteiger partial charge in [-0.25, -0.2) is 9.59 Å². The number of benzene rings is 1. The van der Waals surface area contributed by atoms with Gasteiger partial charge in [-0.05, 0) is 44.1 Å². The van der Waals surface area contributed by atoms with Crippen molar-refractivity contribution in [2.45, 2.75) is 67.5 Å². The van der Waals surface area contributed by atoms with Crippen molar-refractivity contribution in [1.29, 1.82) is 0 Å². The largest absolute Gasteiger partial charge is 0.493 e. The number of aliphatic hydroxyl groups is 2. The van der Waals surface area contributed by atoms with Crippen LogP contribution in [0.3, 0.4) is 0 Å². The van der Waals surface area contributed by atoms with Gasteiger partial charge in [-0.1, -0.05) is 6.07 Å². The van der Waals surface area contributed by atoms with E-state index in [0.717, 1.165) is 11.1 Å². The van der Waals surface area contributed by atoms with Crippen LogP contribution < -0.4 is 9.47 Å². The lowest BCUT2D eigenvalue weighted by molar-refractivity contribution is -0.176. The van der Waals surface area contributed by atoms with Gasteiger partial charge in [0, 0.05) is 18.0 Å². The average Bonchev–Trinajstić information content (AvgIpc) is 3.22. The Balaban J connectivity index is 1.38. The predicted molar refractivity (Wildman–Crippen MR) is 128 cm³/mol. The number of likely N-dealkylation sites (tertiary alicyclic amines) is 1. The number of aliphatic hydroxyl groups excluding tert-OH is 1. The van der Waals surface area contributed by atoms with Gasteiger partial charge >= 0.3 is 23.9 Å². The molecule has 1 aromatic carbocycles. The molecular formula is C26H29NO12. The lowest BCUT2D eigenvalue weighted by Gasteiger charge is -2.61. The number of carbonyl (C=O) groups excluding carboxylic acids is 2. The molecular weight excluding hydrogens is 518 g/mol. The lowest BCUT2D eigenvalue weighted by Crippen LogP contribution is -2.74. The van der Waals surface area contributed by atoms with Crippen molar-refractivity contribution >= 4 is 23.9 Å². The van der Waals surface area contributed by atoms with Gasteiger partial charge in [0.1, 0.15) is 5.76 Å². The third-order valence-corrected chi connectivity index (χ3v) is 8.32. The molecule has 1 aromatic rings. The van der Waals surface area contributed by atoms with Gasteiger partial charge in [0.2, 0.25) is 6.10 Å². The Hall–Kier alpha value is -3.68. The van der Waals surface area contributed by atoms with Crippen LogP contribution in [0.5, 0.6) is 11.5 Å². The number of ether oxygens (including phenoxy) is 4. The van der Waals surface area contributed by atoms with Gasteiger partial charge in [-0.15, -0.1) is 0 Å². The predicted octanol–water partition coefficient (Wildman–Crippen LogP) is -0.262. The number of carbonyl (C=O) groups is 4. The first-order valence-electron chi connectivity index (χ1n) is 12.5. The molecule has 2 bridgehead atoms. The molecule has 1 spiro atoms. The fourth-order valence-corrected chi connectivity index (χ4v) is 6.56. The number of nitrogens with zero attached hydrogens (tertiary/aromatic N) is 1. The molecule has 2 aliphatic carbocycles. The number of aliphatic carboxylic acids is 2. The normalized spacial score (nSPS) is 29.7. The van der Waals surface area contributed by atoms with Crippen molar-refractivity contribution in [3.8, 4) is 11.5 Å². The second-order valence-corrected chi connectivity index (χ2v) is 10.3. The molecule has 0 amide bonds. The number of methoxy groups -OCH3 is 1. The highest BCUT2D eigenvalue weighted by molar-refractivity contribution is 5.86. The molecule has 0 saturated carbocycles. The van der Waals surface area contributed by atoms with E-state index in [0.29, 0.717) is 30.9 Å². The van der Waals surface area contributed by atoms with E-state index in [-0.39, 0.29) is 18.2 Å². The summed E-state index contributed by atoms with van der Waals surface area (Å²) in [5.41, 5.74) is -0.295. The fraction of sp³-hybridized carbons (Fsp3) is 0.538. The molecule has 2 heterocycles. The molecule has 210 valence electrons. The van der Waals surface area contributed by atoms with Gasteiger partial charge in [-0.2, -0.15) is 0 Å². The second-order valence-electron chi connectivity index (χ2n) is 10.3. The Kier molecular flexibility index (Phi) is 6.56. The molecule has 2 aliphatic heterocycles. The van der Waals surface area contributed by atoms with Crippen molar-refractivity contribution in [3.05, 3.63) is 35.1 Å². The number of hydrogen-bond donors (Lipinski definition) is 4. The minimum atomic E-state index is -2.09. The van der Waals surface area contributed by atoms with E-state index in [4.69, 9.17) is 24.4 Å². The summed E-state index contributed by atoms with van der Waals surface area (Å²) in [4.78, 5) is 49.0. The van der Waals surface area contributed by atoms with E-state index in [1.165, 1.54) is 7.11 Å². The summed E-state index contributed by atoms with van der Waals surface area (Å²) in [6.45, 7) is 0.662. The van der Waals surface area contributed by atoms with Crippen LogP contribution in [0.2, 0.25) is 0 Å². The molecule has 13 heteroatoms.